The van der Waals surface area contributed by atoms with Crippen molar-refractivity contribution in [3.8, 4) is 5.75 Å². The molecule has 1 heterocycles. The van der Waals surface area contributed by atoms with E-state index in [1.165, 1.54) is 25.9 Å². The number of nitrogens with zero attached hydrogens (tertiary/aromatic N) is 1. The number of benzene rings is 1. The van der Waals surface area contributed by atoms with Crippen LogP contribution in [0.5, 0.6) is 5.75 Å². The van der Waals surface area contributed by atoms with Crippen LogP contribution in [-0.2, 0) is 0 Å². The molecule has 1 aliphatic rings. The molecule has 0 aromatic heterocycles. The first-order chi connectivity index (χ1) is 7.66. The van der Waals surface area contributed by atoms with Gasteiger partial charge in [0.05, 0.1) is 0 Å². The van der Waals surface area contributed by atoms with Gasteiger partial charge in [0, 0.05) is 6.54 Å². The number of rotatable bonds is 4. The molecule has 2 heteroatoms. The molecule has 1 radical (unpaired) electrons. The van der Waals surface area contributed by atoms with Gasteiger partial charge in [-0.15, -0.1) is 0 Å². The predicted octanol–water partition coefficient (Wildman–Crippen LogP) is 2.74. The lowest BCUT2D eigenvalue weighted by Crippen LogP contribution is -2.41. The minimum Gasteiger partial charge on any atom is -0.487 e. The Hall–Kier alpha value is -1.02. The Balaban J connectivity index is 1.91. The molecule has 1 aromatic carbocycles. The quantitative estimate of drug-likeness (QED) is 0.770. The van der Waals surface area contributed by atoms with Crippen LogP contribution in [0.2, 0.25) is 0 Å². The number of likely N-dealkylation sites (tertiary alicyclic amines) is 1. The van der Waals surface area contributed by atoms with Crippen LogP contribution < -0.4 is 4.74 Å². The van der Waals surface area contributed by atoms with Gasteiger partial charge in [-0.2, -0.15) is 0 Å². The summed E-state index contributed by atoms with van der Waals surface area (Å²) in [4.78, 5) is 2.48. The summed E-state index contributed by atoms with van der Waals surface area (Å²) in [5.74, 6) is 0.933. The fourth-order valence-corrected chi connectivity index (χ4v) is 2.27. The lowest BCUT2D eigenvalue weighted by molar-refractivity contribution is 0.0684. The van der Waals surface area contributed by atoms with Crippen LogP contribution in [0.15, 0.2) is 24.3 Å². The molecule has 1 fully saturated rings. The topological polar surface area (TPSA) is 12.5 Å². The van der Waals surface area contributed by atoms with Crippen molar-refractivity contribution in [1.82, 2.24) is 4.90 Å². The van der Waals surface area contributed by atoms with Gasteiger partial charge in [0.15, 0.2) is 0 Å². The normalized spacial score (nSPS) is 17.6. The zero-order chi connectivity index (χ0) is 11.4. The summed E-state index contributed by atoms with van der Waals surface area (Å²) in [6.45, 7) is 7.75. The van der Waals surface area contributed by atoms with Crippen molar-refractivity contribution in [2.24, 2.45) is 0 Å². The molecular weight excluding hydrogens is 198 g/mol. The zero-order valence-corrected chi connectivity index (χ0v) is 10.2. The fourth-order valence-electron chi connectivity index (χ4n) is 2.27. The maximum absolute atomic E-state index is 6.00. The van der Waals surface area contributed by atoms with Crippen LogP contribution in [0, 0.1) is 6.07 Å². The van der Waals surface area contributed by atoms with E-state index in [1.54, 1.807) is 0 Å². The molecule has 0 aliphatic carbocycles. The number of ether oxygens (including phenoxy) is 1. The van der Waals surface area contributed by atoms with Crippen LogP contribution in [-0.4, -0.2) is 30.1 Å². The van der Waals surface area contributed by atoms with Crippen LogP contribution in [0.4, 0.5) is 0 Å². The summed E-state index contributed by atoms with van der Waals surface area (Å²) in [5.41, 5.74) is -0.119. The van der Waals surface area contributed by atoms with E-state index in [2.05, 4.69) is 24.8 Å². The maximum atomic E-state index is 6.00. The number of hydrogen-bond acceptors (Lipinski definition) is 2. The van der Waals surface area contributed by atoms with Crippen molar-refractivity contribution in [2.75, 3.05) is 19.6 Å². The summed E-state index contributed by atoms with van der Waals surface area (Å²) >= 11 is 0. The Morgan fingerprint density at radius 2 is 1.88 bits per heavy atom. The Kier molecular flexibility index (Phi) is 3.49. The molecule has 1 aliphatic heterocycles. The van der Waals surface area contributed by atoms with Crippen LogP contribution in [0.1, 0.15) is 26.7 Å². The molecule has 0 unspecified atom stereocenters. The molecule has 0 amide bonds. The lowest BCUT2D eigenvalue weighted by atomic mass is 10.1. The van der Waals surface area contributed by atoms with Gasteiger partial charge in [0.2, 0.25) is 0 Å². The summed E-state index contributed by atoms with van der Waals surface area (Å²) in [6, 6.07) is 10.7. The summed E-state index contributed by atoms with van der Waals surface area (Å²) in [5, 5.41) is 0. The van der Waals surface area contributed by atoms with Crippen molar-refractivity contribution >= 4 is 0 Å². The van der Waals surface area contributed by atoms with Gasteiger partial charge in [-0.25, -0.2) is 0 Å². The van der Waals surface area contributed by atoms with Crippen molar-refractivity contribution in [3.05, 3.63) is 30.3 Å². The first-order valence-corrected chi connectivity index (χ1v) is 6.03. The van der Waals surface area contributed by atoms with Crippen LogP contribution in [0.25, 0.3) is 0 Å². The van der Waals surface area contributed by atoms with E-state index in [4.69, 9.17) is 4.74 Å². The molecule has 1 saturated heterocycles. The largest absolute Gasteiger partial charge is 0.487 e. The average molecular weight is 218 g/mol. The molecule has 0 spiro atoms. The first kappa shape index (κ1) is 11.5. The van der Waals surface area contributed by atoms with Crippen LogP contribution in [0.3, 0.4) is 0 Å². The van der Waals surface area contributed by atoms with Gasteiger partial charge < -0.3 is 4.74 Å². The zero-order valence-electron chi connectivity index (χ0n) is 10.2. The van der Waals surface area contributed by atoms with Crippen molar-refractivity contribution < 1.29 is 4.74 Å². The summed E-state index contributed by atoms with van der Waals surface area (Å²) in [6.07, 6.45) is 2.66. The van der Waals surface area contributed by atoms with E-state index in [9.17, 15) is 0 Å². The van der Waals surface area contributed by atoms with Gasteiger partial charge in [-0.1, -0.05) is 12.1 Å². The molecule has 0 saturated carbocycles. The predicted molar refractivity (Wildman–Crippen MR) is 65.7 cm³/mol. The third-order valence-electron chi connectivity index (χ3n) is 2.88. The van der Waals surface area contributed by atoms with Crippen molar-refractivity contribution in [3.63, 3.8) is 0 Å². The molecule has 0 bridgehead atoms. The molecular formula is C14H20NO. The Morgan fingerprint density at radius 3 is 2.50 bits per heavy atom. The smallest absolute Gasteiger partial charge is 0.120 e. The molecule has 2 rings (SSSR count). The Bertz CT molecular complexity index is 315. The van der Waals surface area contributed by atoms with E-state index in [-0.39, 0.29) is 5.60 Å². The fraction of sp³-hybridized carbons (Fsp3) is 0.571. The van der Waals surface area contributed by atoms with Gasteiger partial charge >= 0.3 is 0 Å². The standard InChI is InChI=1S/C14H20NO/c1-14(2,12-15-10-6-7-11-15)16-13-8-4-3-5-9-13/h4-5,8-9H,6-7,10-12H2,1-2H3. The van der Waals surface area contributed by atoms with Gasteiger partial charge in [0.1, 0.15) is 11.4 Å². The van der Waals surface area contributed by atoms with E-state index in [0.29, 0.717) is 0 Å². The van der Waals surface area contributed by atoms with Crippen molar-refractivity contribution in [1.29, 1.82) is 0 Å². The molecule has 87 valence electrons. The highest BCUT2D eigenvalue weighted by atomic mass is 16.5. The maximum Gasteiger partial charge on any atom is 0.120 e. The lowest BCUT2D eigenvalue weighted by Gasteiger charge is -2.31. The Labute approximate surface area is 98.2 Å². The second-order valence-electron chi connectivity index (χ2n) is 5.08. The molecule has 16 heavy (non-hydrogen) atoms. The average Bonchev–Trinajstić information content (AvgIpc) is 2.70. The highest BCUT2D eigenvalue weighted by molar-refractivity contribution is 5.21. The first-order valence-electron chi connectivity index (χ1n) is 6.03. The van der Waals surface area contributed by atoms with Crippen molar-refractivity contribution in [2.45, 2.75) is 32.3 Å². The summed E-state index contributed by atoms with van der Waals surface area (Å²) in [7, 11) is 0. The molecule has 1 aromatic rings. The van der Waals surface area contributed by atoms with Gasteiger partial charge in [-0.05, 0) is 58.0 Å². The highest BCUT2D eigenvalue weighted by Gasteiger charge is 2.25. The number of hydrogen-bond donors (Lipinski definition) is 0. The molecule has 0 N–H and O–H groups in total. The highest BCUT2D eigenvalue weighted by Crippen LogP contribution is 2.20. The summed E-state index contributed by atoms with van der Waals surface area (Å²) < 4.78 is 6.00. The van der Waals surface area contributed by atoms with E-state index in [0.717, 1.165) is 12.3 Å². The Morgan fingerprint density at radius 1 is 1.25 bits per heavy atom. The van der Waals surface area contributed by atoms with Gasteiger partial charge in [-0.3, -0.25) is 4.90 Å². The second kappa shape index (κ2) is 4.88. The minimum absolute atomic E-state index is 0.119. The monoisotopic (exact) mass is 218 g/mol. The van der Waals surface area contributed by atoms with Gasteiger partial charge in [0.25, 0.3) is 0 Å². The second-order valence-corrected chi connectivity index (χ2v) is 5.08. The SMILES string of the molecule is CC(C)(CN1CCCC1)Oc1cc[c]cc1. The molecule has 0 atom stereocenters. The third-order valence-corrected chi connectivity index (χ3v) is 2.88. The minimum atomic E-state index is -0.119. The van der Waals surface area contributed by atoms with E-state index in [1.807, 2.05) is 24.3 Å². The third kappa shape index (κ3) is 3.24. The van der Waals surface area contributed by atoms with E-state index < -0.39 is 0 Å². The van der Waals surface area contributed by atoms with Crippen LogP contribution >= 0.6 is 0 Å². The van der Waals surface area contributed by atoms with E-state index >= 15 is 0 Å². The molecule has 2 nitrogen and oxygen atoms in total.